The van der Waals surface area contributed by atoms with Crippen LogP contribution in [0.25, 0.3) is 0 Å². The van der Waals surface area contributed by atoms with Crippen LogP contribution in [0.1, 0.15) is 56.8 Å². The highest BCUT2D eigenvalue weighted by molar-refractivity contribution is 6.02. The Hall–Kier alpha value is -2.04. The van der Waals surface area contributed by atoms with E-state index in [4.69, 9.17) is 0 Å². The Morgan fingerprint density at radius 1 is 1.23 bits per heavy atom. The first-order valence-electron chi connectivity index (χ1n) is 9.91. The molecule has 5 rings (SSSR count). The van der Waals surface area contributed by atoms with Gasteiger partial charge in [-0.15, -0.1) is 0 Å². The summed E-state index contributed by atoms with van der Waals surface area (Å²) in [5, 5.41) is 6.95. The molecule has 1 aromatic carbocycles. The van der Waals surface area contributed by atoms with Crippen LogP contribution < -0.4 is 10.6 Å². The molecule has 3 saturated carbocycles. The van der Waals surface area contributed by atoms with E-state index in [-0.39, 0.29) is 23.2 Å². The molecule has 2 N–H and O–H groups in total. The maximum Gasteiger partial charge on any atom is 0.255 e. The van der Waals surface area contributed by atoms with Gasteiger partial charge in [-0.3, -0.25) is 9.59 Å². The molecule has 4 aliphatic rings. The predicted octanol–water partition coefficient (Wildman–Crippen LogP) is 3.23. The molecule has 5 heteroatoms. The van der Waals surface area contributed by atoms with Crippen molar-refractivity contribution in [1.29, 1.82) is 0 Å². The van der Waals surface area contributed by atoms with Gasteiger partial charge in [0.05, 0.1) is 5.56 Å². The van der Waals surface area contributed by atoms with E-state index in [1.807, 2.05) is 43.0 Å². The van der Waals surface area contributed by atoms with Crippen LogP contribution in [0.3, 0.4) is 0 Å². The maximum atomic E-state index is 13.1. The second-order valence-electron chi connectivity index (χ2n) is 8.46. The van der Waals surface area contributed by atoms with Crippen LogP contribution in [0, 0.1) is 17.3 Å². The standard InChI is InChI=1S/C21H29N3O2/c1-4-24(5-2)19(26)16-12-14-10-11-20(16,3)13-21(14)22-17-9-7-6-8-15(17)18(25)23-21/h6-9,14,16,22H,4-5,10-13H2,1-3H3,(H,23,25)/t14-,16+,20+,21-/m1/s1. The highest BCUT2D eigenvalue weighted by Crippen LogP contribution is 2.58. The monoisotopic (exact) mass is 355 g/mol. The SMILES string of the molecule is CCN(CC)C(=O)[C@@H]1C[C@H]2CC[C@@]1(C)C[C@@]21NC(=O)c2ccccc2N1. The van der Waals surface area contributed by atoms with Crippen LogP contribution in [0.5, 0.6) is 0 Å². The largest absolute Gasteiger partial charge is 0.362 e. The molecule has 2 amide bonds. The molecule has 1 spiro atoms. The first-order chi connectivity index (χ1) is 12.4. The minimum atomic E-state index is -0.418. The van der Waals surface area contributed by atoms with Crippen LogP contribution in [-0.2, 0) is 4.79 Å². The summed E-state index contributed by atoms with van der Waals surface area (Å²) in [4.78, 5) is 27.8. The fraction of sp³-hybridized carbons (Fsp3) is 0.619. The molecule has 0 unspecified atom stereocenters. The van der Waals surface area contributed by atoms with E-state index in [1.165, 1.54) is 0 Å². The number of carbonyl (C=O) groups excluding carboxylic acids is 2. The molecule has 0 saturated heterocycles. The Labute approximate surface area is 155 Å². The van der Waals surface area contributed by atoms with Crippen molar-refractivity contribution in [1.82, 2.24) is 10.2 Å². The van der Waals surface area contributed by atoms with Crippen LogP contribution in [0.4, 0.5) is 5.69 Å². The summed E-state index contributed by atoms with van der Waals surface area (Å²) in [7, 11) is 0. The Bertz CT molecular complexity index is 745. The van der Waals surface area contributed by atoms with Crippen LogP contribution >= 0.6 is 0 Å². The van der Waals surface area contributed by atoms with Crippen LogP contribution in [0.15, 0.2) is 24.3 Å². The zero-order valence-corrected chi connectivity index (χ0v) is 16.0. The number of nitrogens with zero attached hydrogens (tertiary/aromatic N) is 1. The number of rotatable bonds is 3. The molecule has 1 aliphatic heterocycles. The predicted molar refractivity (Wildman–Crippen MR) is 102 cm³/mol. The summed E-state index contributed by atoms with van der Waals surface area (Å²) in [6.45, 7) is 7.86. The van der Waals surface area contributed by atoms with Crippen molar-refractivity contribution in [2.75, 3.05) is 18.4 Å². The zero-order valence-electron chi connectivity index (χ0n) is 16.0. The molecule has 3 aliphatic carbocycles. The third-order valence-electron chi connectivity index (χ3n) is 7.04. The minimum Gasteiger partial charge on any atom is -0.362 e. The van der Waals surface area contributed by atoms with E-state index in [9.17, 15) is 9.59 Å². The van der Waals surface area contributed by atoms with Gasteiger partial charge in [0.1, 0.15) is 5.66 Å². The molecule has 4 atom stereocenters. The summed E-state index contributed by atoms with van der Waals surface area (Å²) < 4.78 is 0. The second-order valence-corrected chi connectivity index (χ2v) is 8.46. The highest BCUT2D eigenvalue weighted by Gasteiger charge is 2.60. The lowest BCUT2D eigenvalue weighted by Gasteiger charge is -2.61. The van der Waals surface area contributed by atoms with Crippen LogP contribution in [0.2, 0.25) is 0 Å². The van der Waals surface area contributed by atoms with Crippen molar-refractivity contribution in [3.8, 4) is 0 Å². The molecular weight excluding hydrogens is 326 g/mol. The lowest BCUT2D eigenvalue weighted by Crippen LogP contribution is -2.70. The summed E-state index contributed by atoms with van der Waals surface area (Å²) in [5.74, 6) is 0.635. The fourth-order valence-electron chi connectivity index (χ4n) is 5.58. The molecule has 1 heterocycles. The minimum absolute atomic E-state index is 0.00196. The smallest absolute Gasteiger partial charge is 0.255 e. The zero-order chi connectivity index (χ0) is 18.5. The van der Waals surface area contributed by atoms with Crippen LogP contribution in [-0.4, -0.2) is 35.5 Å². The van der Waals surface area contributed by atoms with Crippen molar-refractivity contribution < 1.29 is 9.59 Å². The van der Waals surface area contributed by atoms with Gasteiger partial charge in [-0.05, 0) is 57.1 Å². The number of nitrogens with one attached hydrogen (secondary N) is 2. The van der Waals surface area contributed by atoms with Gasteiger partial charge in [0.15, 0.2) is 0 Å². The number of benzene rings is 1. The van der Waals surface area contributed by atoms with Crippen molar-refractivity contribution in [3.05, 3.63) is 29.8 Å². The Morgan fingerprint density at radius 2 is 1.96 bits per heavy atom. The molecule has 0 aromatic heterocycles. The van der Waals surface area contributed by atoms with Crippen molar-refractivity contribution in [2.45, 2.75) is 52.1 Å². The Balaban J connectivity index is 1.64. The second kappa shape index (κ2) is 6.00. The van der Waals surface area contributed by atoms with Gasteiger partial charge < -0.3 is 15.5 Å². The maximum absolute atomic E-state index is 13.1. The number of hydrogen-bond acceptors (Lipinski definition) is 3. The quantitative estimate of drug-likeness (QED) is 0.875. The highest BCUT2D eigenvalue weighted by atomic mass is 16.2. The lowest BCUT2D eigenvalue weighted by molar-refractivity contribution is -0.150. The third-order valence-corrected chi connectivity index (χ3v) is 7.04. The van der Waals surface area contributed by atoms with E-state index in [0.29, 0.717) is 11.5 Å². The van der Waals surface area contributed by atoms with E-state index in [1.54, 1.807) is 0 Å². The lowest BCUT2D eigenvalue weighted by atomic mass is 9.51. The molecule has 5 nitrogen and oxygen atoms in total. The number of amides is 2. The molecule has 26 heavy (non-hydrogen) atoms. The first-order valence-corrected chi connectivity index (χ1v) is 9.91. The number of carbonyl (C=O) groups is 2. The van der Waals surface area contributed by atoms with Gasteiger partial charge >= 0.3 is 0 Å². The van der Waals surface area contributed by atoms with E-state index in [2.05, 4.69) is 17.6 Å². The third kappa shape index (κ3) is 2.43. The average molecular weight is 355 g/mol. The van der Waals surface area contributed by atoms with Gasteiger partial charge in [-0.2, -0.15) is 0 Å². The number of anilines is 1. The number of hydrogen-bond donors (Lipinski definition) is 2. The van der Waals surface area contributed by atoms with Gasteiger partial charge in [-0.1, -0.05) is 19.1 Å². The van der Waals surface area contributed by atoms with Crippen molar-refractivity contribution >= 4 is 17.5 Å². The molecular formula is C21H29N3O2. The number of para-hydroxylation sites is 1. The first kappa shape index (κ1) is 17.4. The molecule has 0 radical (unpaired) electrons. The molecule has 1 aromatic rings. The Morgan fingerprint density at radius 3 is 2.65 bits per heavy atom. The summed E-state index contributed by atoms with van der Waals surface area (Å²) >= 11 is 0. The van der Waals surface area contributed by atoms with Crippen molar-refractivity contribution in [2.24, 2.45) is 17.3 Å². The van der Waals surface area contributed by atoms with Gasteiger partial charge in [-0.25, -0.2) is 0 Å². The molecule has 3 fully saturated rings. The van der Waals surface area contributed by atoms with E-state index < -0.39 is 5.66 Å². The van der Waals surface area contributed by atoms with E-state index >= 15 is 0 Å². The van der Waals surface area contributed by atoms with Gasteiger partial charge in [0.2, 0.25) is 5.91 Å². The number of fused-ring (bicyclic) bond motifs is 3. The summed E-state index contributed by atoms with van der Waals surface area (Å²) in [6.07, 6.45) is 3.76. The molecule has 140 valence electrons. The topological polar surface area (TPSA) is 61.4 Å². The Kier molecular flexibility index (Phi) is 4.01. The van der Waals surface area contributed by atoms with E-state index in [0.717, 1.165) is 44.5 Å². The van der Waals surface area contributed by atoms with Gasteiger partial charge in [0, 0.05) is 30.6 Å². The summed E-state index contributed by atoms with van der Waals surface area (Å²) in [5.41, 5.74) is 1.12. The normalized spacial score (nSPS) is 34.8. The average Bonchev–Trinajstić information content (AvgIpc) is 2.62. The molecule has 2 bridgehead atoms. The van der Waals surface area contributed by atoms with Gasteiger partial charge in [0.25, 0.3) is 5.91 Å². The fourth-order valence-corrected chi connectivity index (χ4v) is 5.58. The summed E-state index contributed by atoms with van der Waals surface area (Å²) in [6, 6.07) is 7.71. The van der Waals surface area contributed by atoms with Crippen molar-refractivity contribution in [3.63, 3.8) is 0 Å².